The fourth-order valence-corrected chi connectivity index (χ4v) is 1.80. The van der Waals surface area contributed by atoms with Crippen LogP contribution in [0.5, 0.6) is 5.88 Å². The van der Waals surface area contributed by atoms with E-state index in [9.17, 15) is 0 Å². The summed E-state index contributed by atoms with van der Waals surface area (Å²) in [6.45, 7) is 0. The van der Waals surface area contributed by atoms with Crippen molar-refractivity contribution in [2.24, 2.45) is 0 Å². The maximum atomic E-state index is 5.77. The van der Waals surface area contributed by atoms with Gasteiger partial charge in [0.2, 0.25) is 11.8 Å². The molecule has 0 radical (unpaired) electrons. The Kier molecular flexibility index (Phi) is 3.38. The largest absolute Gasteiger partial charge is 0.481 e. The molecule has 1 aromatic carbocycles. The van der Waals surface area contributed by atoms with Crippen LogP contribution in [0.25, 0.3) is 22.9 Å². The molecule has 0 aliphatic rings. The molecule has 7 nitrogen and oxygen atoms in total. The highest BCUT2D eigenvalue weighted by molar-refractivity contribution is 5.60. The number of methoxy groups -OCH3 is 1. The molecule has 0 unspecified atom stereocenters. The van der Waals surface area contributed by atoms with Crippen LogP contribution < -0.4 is 10.5 Å². The quantitative estimate of drug-likeness (QED) is 0.777. The Morgan fingerprint density at radius 3 is 2.48 bits per heavy atom. The van der Waals surface area contributed by atoms with Crippen LogP contribution in [-0.2, 0) is 0 Å². The predicted molar refractivity (Wildman–Crippen MR) is 77.3 cm³/mol. The molecule has 104 valence electrons. The van der Waals surface area contributed by atoms with E-state index < -0.39 is 0 Å². The number of nitrogen functional groups attached to an aromatic ring is 1. The van der Waals surface area contributed by atoms with Crippen molar-refractivity contribution < 1.29 is 4.74 Å². The first-order valence-electron chi connectivity index (χ1n) is 6.19. The van der Waals surface area contributed by atoms with Gasteiger partial charge in [0.15, 0.2) is 11.6 Å². The first-order chi connectivity index (χ1) is 10.3. The Morgan fingerprint density at radius 2 is 1.71 bits per heavy atom. The van der Waals surface area contributed by atoms with E-state index in [0.717, 1.165) is 5.56 Å². The molecule has 0 bridgehead atoms. The van der Waals surface area contributed by atoms with Crippen molar-refractivity contribution in [2.45, 2.75) is 0 Å². The maximum absolute atomic E-state index is 5.77. The van der Waals surface area contributed by atoms with Gasteiger partial charge in [-0.25, -0.2) is 15.0 Å². The molecule has 0 amide bonds. The number of hydrogen-bond donors (Lipinski definition) is 1. The SMILES string of the molecule is COc1cc(-c2nc(N)nc(-c3ccccc3)n2)ncn1. The molecule has 0 aliphatic heterocycles. The fourth-order valence-electron chi connectivity index (χ4n) is 1.80. The van der Waals surface area contributed by atoms with Crippen molar-refractivity contribution in [1.29, 1.82) is 0 Å². The molecule has 0 spiro atoms. The van der Waals surface area contributed by atoms with Crippen molar-refractivity contribution in [3.05, 3.63) is 42.7 Å². The van der Waals surface area contributed by atoms with Crippen LogP contribution in [0.2, 0.25) is 0 Å². The van der Waals surface area contributed by atoms with Gasteiger partial charge in [-0.05, 0) is 0 Å². The molecular formula is C14H12N6O. The molecule has 2 aromatic heterocycles. The summed E-state index contributed by atoms with van der Waals surface area (Å²) in [7, 11) is 1.53. The van der Waals surface area contributed by atoms with Gasteiger partial charge in [0.1, 0.15) is 12.0 Å². The second-order valence-electron chi connectivity index (χ2n) is 4.15. The number of hydrogen-bond acceptors (Lipinski definition) is 7. The van der Waals surface area contributed by atoms with Crippen LogP contribution in [0.15, 0.2) is 42.7 Å². The van der Waals surface area contributed by atoms with Crippen LogP contribution in [0.4, 0.5) is 5.95 Å². The molecule has 3 rings (SSSR count). The van der Waals surface area contributed by atoms with E-state index in [1.165, 1.54) is 13.4 Å². The van der Waals surface area contributed by atoms with Gasteiger partial charge >= 0.3 is 0 Å². The molecule has 2 heterocycles. The topological polar surface area (TPSA) is 99.7 Å². The van der Waals surface area contributed by atoms with E-state index in [1.807, 2.05) is 30.3 Å². The maximum Gasteiger partial charge on any atom is 0.224 e. The zero-order valence-electron chi connectivity index (χ0n) is 11.3. The van der Waals surface area contributed by atoms with Crippen LogP contribution >= 0.6 is 0 Å². The summed E-state index contributed by atoms with van der Waals surface area (Å²) in [6, 6.07) is 11.2. The third kappa shape index (κ3) is 2.76. The lowest BCUT2D eigenvalue weighted by Crippen LogP contribution is -2.03. The van der Waals surface area contributed by atoms with Crippen LogP contribution in [0.1, 0.15) is 0 Å². The molecule has 3 aromatic rings. The zero-order chi connectivity index (χ0) is 14.7. The lowest BCUT2D eigenvalue weighted by atomic mass is 10.2. The Bertz CT molecular complexity index is 762. The van der Waals surface area contributed by atoms with E-state index in [-0.39, 0.29) is 5.95 Å². The van der Waals surface area contributed by atoms with Gasteiger partial charge in [-0.2, -0.15) is 9.97 Å². The van der Waals surface area contributed by atoms with Crippen molar-refractivity contribution in [2.75, 3.05) is 12.8 Å². The van der Waals surface area contributed by atoms with Crippen molar-refractivity contribution in [3.8, 4) is 28.8 Å². The number of aromatic nitrogens is 5. The van der Waals surface area contributed by atoms with E-state index in [1.54, 1.807) is 6.07 Å². The number of rotatable bonds is 3. The Balaban J connectivity index is 2.09. The smallest absolute Gasteiger partial charge is 0.224 e. The summed E-state index contributed by atoms with van der Waals surface area (Å²) in [5, 5.41) is 0. The predicted octanol–water partition coefficient (Wildman–Crippen LogP) is 1.59. The number of benzene rings is 1. The van der Waals surface area contributed by atoms with Crippen molar-refractivity contribution in [3.63, 3.8) is 0 Å². The highest BCUT2D eigenvalue weighted by Crippen LogP contribution is 2.20. The van der Waals surface area contributed by atoms with Gasteiger partial charge < -0.3 is 10.5 Å². The number of ether oxygens (including phenoxy) is 1. The molecule has 7 heteroatoms. The molecule has 0 saturated heterocycles. The molecule has 21 heavy (non-hydrogen) atoms. The normalized spacial score (nSPS) is 10.3. The molecule has 0 aliphatic carbocycles. The Hall–Kier alpha value is -3.09. The van der Waals surface area contributed by atoms with Crippen LogP contribution in [-0.4, -0.2) is 32.0 Å². The Labute approximate surface area is 120 Å². The number of anilines is 1. The summed E-state index contributed by atoms with van der Waals surface area (Å²) in [6.07, 6.45) is 1.39. The average Bonchev–Trinajstić information content (AvgIpc) is 2.55. The minimum absolute atomic E-state index is 0.136. The Morgan fingerprint density at radius 1 is 0.952 bits per heavy atom. The molecule has 0 saturated carbocycles. The van der Waals surface area contributed by atoms with Crippen LogP contribution in [0, 0.1) is 0 Å². The summed E-state index contributed by atoms with van der Waals surface area (Å²) < 4.78 is 5.07. The molecule has 2 N–H and O–H groups in total. The zero-order valence-corrected chi connectivity index (χ0v) is 11.3. The second kappa shape index (κ2) is 5.49. The van der Waals surface area contributed by atoms with E-state index >= 15 is 0 Å². The minimum Gasteiger partial charge on any atom is -0.481 e. The molecular weight excluding hydrogens is 268 g/mol. The monoisotopic (exact) mass is 280 g/mol. The lowest BCUT2D eigenvalue weighted by Gasteiger charge is -2.05. The van der Waals surface area contributed by atoms with Gasteiger partial charge in [0.25, 0.3) is 0 Å². The van der Waals surface area contributed by atoms with E-state index in [0.29, 0.717) is 23.2 Å². The standard InChI is InChI=1S/C14H12N6O/c1-21-11-7-10(16-8-17-11)13-18-12(19-14(15)20-13)9-5-3-2-4-6-9/h2-8H,1H3,(H2,15,18,19,20). The highest BCUT2D eigenvalue weighted by Gasteiger charge is 2.10. The molecule has 0 atom stereocenters. The first-order valence-corrected chi connectivity index (χ1v) is 6.19. The van der Waals surface area contributed by atoms with Gasteiger partial charge in [0, 0.05) is 11.6 Å². The summed E-state index contributed by atoms with van der Waals surface area (Å²) in [4.78, 5) is 20.8. The lowest BCUT2D eigenvalue weighted by molar-refractivity contribution is 0.397. The van der Waals surface area contributed by atoms with Crippen LogP contribution in [0.3, 0.4) is 0 Å². The highest BCUT2D eigenvalue weighted by atomic mass is 16.5. The van der Waals surface area contributed by atoms with Gasteiger partial charge in [0.05, 0.1) is 7.11 Å². The van der Waals surface area contributed by atoms with E-state index in [4.69, 9.17) is 10.5 Å². The molecule has 0 fully saturated rings. The first kappa shape index (κ1) is 12.9. The summed E-state index contributed by atoms with van der Waals surface area (Å²) >= 11 is 0. The number of nitrogens with two attached hydrogens (primary N) is 1. The van der Waals surface area contributed by atoms with Gasteiger partial charge in [-0.3, -0.25) is 0 Å². The minimum atomic E-state index is 0.136. The van der Waals surface area contributed by atoms with E-state index in [2.05, 4.69) is 24.9 Å². The third-order valence-electron chi connectivity index (χ3n) is 2.76. The number of nitrogens with zero attached hydrogens (tertiary/aromatic N) is 5. The average molecular weight is 280 g/mol. The van der Waals surface area contributed by atoms with Gasteiger partial charge in [-0.1, -0.05) is 30.3 Å². The van der Waals surface area contributed by atoms with Crippen molar-refractivity contribution in [1.82, 2.24) is 24.9 Å². The van der Waals surface area contributed by atoms with Crippen molar-refractivity contribution >= 4 is 5.95 Å². The summed E-state index contributed by atoms with van der Waals surface area (Å²) in [5.74, 6) is 1.44. The van der Waals surface area contributed by atoms with Gasteiger partial charge in [-0.15, -0.1) is 0 Å². The second-order valence-corrected chi connectivity index (χ2v) is 4.15. The fraction of sp³-hybridized carbons (Fsp3) is 0.0714. The third-order valence-corrected chi connectivity index (χ3v) is 2.76. The summed E-state index contributed by atoms with van der Waals surface area (Å²) in [5.41, 5.74) is 7.14.